The number of fused-ring (bicyclic) bond motifs is 3. The van der Waals surface area contributed by atoms with E-state index < -0.39 is 17.5 Å². The fraction of sp³-hybridized carbons (Fsp3) is 0.292. The monoisotopic (exact) mass is 1370 g/mol. The topological polar surface area (TPSA) is 269 Å². The summed E-state index contributed by atoms with van der Waals surface area (Å²) in [5.74, 6) is 1.44. The summed E-state index contributed by atoms with van der Waals surface area (Å²) in [7, 11) is 0. The molecule has 0 bridgehead atoms. The van der Waals surface area contributed by atoms with E-state index in [0.29, 0.717) is 206 Å². The van der Waals surface area contributed by atoms with Crippen LogP contribution in [-0.4, -0.2) is 149 Å². The first-order valence-electron chi connectivity index (χ1n) is 32.2. The van der Waals surface area contributed by atoms with Crippen LogP contribution in [0.3, 0.4) is 0 Å². The predicted octanol–water partition coefficient (Wildman–Crippen LogP) is 9.74. The summed E-state index contributed by atoms with van der Waals surface area (Å²) in [4.78, 5) is 39.8. The molecule has 12 aromatic rings. The minimum absolute atomic E-state index is 0.182. The van der Waals surface area contributed by atoms with Crippen LogP contribution in [-0.2, 0) is 67.7 Å². The fourth-order valence-electron chi connectivity index (χ4n) is 10.5. The highest BCUT2D eigenvalue weighted by Gasteiger charge is 2.18. The lowest BCUT2D eigenvalue weighted by molar-refractivity contribution is 0.0333. The molecule has 0 aliphatic heterocycles. The van der Waals surface area contributed by atoms with Crippen molar-refractivity contribution >= 4 is 32.9 Å². The van der Waals surface area contributed by atoms with Crippen molar-refractivity contribution < 1.29 is 69.1 Å². The SMILES string of the molecule is O=c1cc(-c2ccc(OCCOCCOCCn3cc(CN(Cc4cn(CCOCCOCCOc5ccc(-c6cc(=O)c7cc(F)ccc7o6)cc5)nn4)Cc4cn(CCOCCOCCOc5ccc(-c6cc(=O)c7cc(F)ccc7o6)cc5)nn4)nn3)cc2)oc2ccc(F)cc12. The average molecular weight is 1370 g/mol. The van der Waals surface area contributed by atoms with Crippen LogP contribution in [0.2, 0.25) is 0 Å². The number of rotatable bonds is 39. The number of hydrogen-bond donors (Lipinski definition) is 0. The van der Waals surface area contributed by atoms with Gasteiger partial charge < -0.3 is 55.9 Å². The lowest BCUT2D eigenvalue weighted by Crippen LogP contribution is -2.23. The normalized spacial score (nSPS) is 11.6. The molecule has 12 rings (SSSR count). The maximum atomic E-state index is 13.6. The van der Waals surface area contributed by atoms with Crippen molar-refractivity contribution in [1.82, 2.24) is 49.9 Å². The van der Waals surface area contributed by atoms with Gasteiger partial charge in [-0.05, 0) is 127 Å². The van der Waals surface area contributed by atoms with Gasteiger partial charge in [-0.1, -0.05) is 15.6 Å². The largest absolute Gasteiger partial charge is 0.491 e. The van der Waals surface area contributed by atoms with Crippen molar-refractivity contribution in [2.75, 3.05) is 99.1 Å². The number of aromatic nitrogens is 9. The number of benzene rings is 6. The molecule has 0 amide bonds. The van der Waals surface area contributed by atoms with Crippen molar-refractivity contribution in [3.05, 3.63) is 229 Å². The third kappa shape index (κ3) is 19.8. The zero-order chi connectivity index (χ0) is 68.8. The van der Waals surface area contributed by atoms with E-state index >= 15 is 0 Å². The Bertz CT molecular complexity index is 4340. The fourth-order valence-corrected chi connectivity index (χ4v) is 10.5. The molecule has 6 heterocycles. The Hall–Kier alpha value is -10.7. The molecule has 0 unspecified atom stereocenters. The molecule has 0 N–H and O–H groups in total. The molecule has 0 saturated carbocycles. The summed E-state index contributed by atoms with van der Waals surface area (Å²) in [6.45, 7) is 7.83. The molecular formula is C72H69F3N10O15. The number of hydrogen-bond acceptors (Lipinski definition) is 22. The van der Waals surface area contributed by atoms with Gasteiger partial charge in [0.05, 0.1) is 132 Å². The lowest BCUT2D eigenvalue weighted by Gasteiger charge is -2.18. The smallest absolute Gasteiger partial charge is 0.193 e. The summed E-state index contributed by atoms with van der Waals surface area (Å²) in [5, 5.41) is 27.0. The summed E-state index contributed by atoms with van der Waals surface area (Å²) in [6, 6.07) is 36.9. The molecule has 28 heteroatoms. The van der Waals surface area contributed by atoms with Crippen LogP contribution < -0.4 is 30.5 Å². The minimum Gasteiger partial charge on any atom is -0.491 e. The van der Waals surface area contributed by atoms with E-state index in [1.54, 1.807) is 86.8 Å². The first-order chi connectivity index (χ1) is 49.0. The van der Waals surface area contributed by atoms with Crippen LogP contribution in [0.5, 0.6) is 17.2 Å². The molecule has 0 atom stereocenters. The van der Waals surface area contributed by atoms with E-state index in [1.807, 2.05) is 18.6 Å². The molecule has 0 aliphatic rings. The first-order valence-corrected chi connectivity index (χ1v) is 32.2. The van der Waals surface area contributed by atoms with Crippen LogP contribution >= 0.6 is 0 Å². The summed E-state index contributed by atoms with van der Waals surface area (Å²) in [5.41, 5.74) is 4.11. The average Bonchev–Trinajstić information content (AvgIpc) is 1.08. The third-order valence-corrected chi connectivity index (χ3v) is 15.4. The molecule has 25 nitrogen and oxygen atoms in total. The first kappa shape index (κ1) is 69.2. The Morgan fingerprint density at radius 2 is 0.600 bits per heavy atom. The number of halogens is 3. The molecule has 0 fully saturated rings. The van der Waals surface area contributed by atoms with E-state index in [2.05, 4.69) is 35.8 Å². The number of nitrogens with zero attached hydrogens (tertiary/aromatic N) is 10. The van der Waals surface area contributed by atoms with Gasteiger partial charge in [-0.3, -0.25) is 19.3 Å². The molecule has 6 aromatic heterocycles. The highest BCUT2D eigenvalue weighted by Crippen LogP contribution is 2.28. The van der Waals surface area contributed by atoms with Crippen LogP contribution in [0.15, 0.2) is 192 Å². The van der Waals surface area contributed by atoms with Crippen molar-refractivity contribution in [2.24, 2.45) is 0 Å². The molecule has 0 saturated heterocycles. The van der Waals surface area contributed by atoms with Crippen LogP contribution in [0, 0.1) is 17.5 Å². The second kappa shape index (κ2) is 34.7. The molecule has 100 heavy (non-hydrogen) atoms. The molecular weight excluding hydrogens is 1300 g/mol. The van der Waals surface area contributed by atoms with Crippen molar-refractivity contribution in [3.63, 3.8) is 0 Å². The van der Waals surface area contributed by atoms with Gasteiger partial charge in [-0.2, -0.15) is 0 Å². The molecule has 6 aromatic carbocycles. The maximum Gasteiger partial charge on any atom is 0.193 e. The Balaban J connectivity index is 0.548. The van der Waals surface area contributed by atoms with Crippen LogP contribution in [0.4, 0.5) is 13.2 Å². The third-order valence-electron chi connectivity index (χ3n) is 15.4. The minimum atomic E-state index is -0.505. The van der Waals surface area contributed by atoms with Gasteiger partial charge in [0.15, 0.2) is 16.3 Å². The molecule has 0 spiro atoms. The molecule has 518 valence electrons. The van der Waals surface area contributed by atoms with E-state index in [4.69, 9.17) is 55.9 Å². The lowest BCUT2D eigenvalue weighted by atomic mass is 10.1. The van der Waals surface area contributed by atoms with Gasteiger partial charge in [0.2, 0.25) is 0 Å². The second-order valence-corrected chi connectivity index (χ2v) is 22.7. The zero-order valence-electron chi connectivity index (χ0n) is 54.2. The van der Waals surface area contributed by atoms with E-state index in [9.17, 15) is 27.6 Å². The second-order valence-electron chi connectivity index (χ2n) is 22.7. The van der Waals surface area contributed by atoms with Crippen LogP contribution in [0.1, 0.15) is 17.1 Å². The highest BCUT2D eigenvalue weighted by molar-refractivity contribution is 5.81. The van der Waals surface area contributed by atoms with Gasteiger partial charge in [0.25, 0.3) is 0 Å². The van der Waals surface area contributed by atoms with Crippen molar-refractivity contribution in [1.29, 1.82) is 0 Å². The van der Waals surface area contributed by atoms with E-state index in [0.717, 1.165) is 35.3 Å². The number of ether oxygens (including phenoxy) is 9. The standard InChI is InChI=1S/C72H69F3N10O15/c73-52-7-16-67-61(37-52)64(86)40-70(98-67)49-1-10-58(11-2-49)95-34-31-92-28-25-89-22-19-83-46-55(76-79-83)43-82(44-56-47-84(80-77-56)20-23-90-26-29-93-32-35-96-59-12-3-50(4-13-59)71-41-65(87)62-38-53(74)8-17-68(62)99-71)45-57-48-85(81-78-57)21-24-91-27-30-94-33-36-97-60-14-5-51(6-15-60)72-42-66(88)63-39-54(75)9-18-69(63)100-72/h1-18,37-42,46-48H,19-36,43-45H2. The van der Waals surface area contributed by atoms with Gasteiger partial charge in [-0.15, -0.1) is 15.3 Å². The van der Waals surface area contributed by atoms with Crippen LogP contribution in [0.25, 0.3) is 66.9 Å². The van der Waals surface area contributed by atoms with Gasteiger partial charge >= 0.3 is 0 Å². The Labute approximate surface area is 568 Å². The van der Waals surface area contributed by atoms with Gasteiger partial charge in [0, 0.05) is 73.1 Å². The molecule has 0 aliphatic carbocycles. The van der Waals surface area contributed by atoms with Gasteiger partial charge in [0.1, 0.15) is 88.6 Å². The Kier molecular flexibility index (Phi) is 24.0. The Morgan fingerprint density at radius 1 is 0.330 bits per heavy atom. The zero-order valence-corrected chi connectivity index (χ0v) is 54.2. The van der Waals surface area contributed by atoms with Gasteiger partial charge in [-0.25, -0.2) is 27.2 Å². The van der Waals surface area contributed by atoms with E-state index in [1.165, 1.54) is 54.6 Å². The highest BCUT2D eigenvalue weighted by atomic mass is 19.1. The van der Waals surface area contributed by atoms with Crippen molar-refractivity contribution in [3.8, 4) is 51.2 Å². The Morgan fingerprint density at radius 3 is 0.890 bits per heavy atom. The molecule has 0 radical (unpaired) electrons. The summed E-state index contributed by atoms with van der Waals surface area (Å²) in [6.07, 6.45) is 5.62. The van der Waals surface area contributed by atoms with Crippen molar-refractivity contribution in [2.45, 2.75) is 39.3 Å². The maximum absolute atomic E-state index is 13.6. The summed E-state index contributed by atoms with van der Waals surface area (Å²) >= 11 is 0. The predicted molar refractivity (Wildman–Crippen MR) is 358 cm³/mol. The quantitative estimate of drug-likeness (QED) is 0.0324. The summed E-state index contributed by atoms with van der Waals surface area (Å²) < 4.78 is 116. The van der Waals surface area contributed by atoms with E-state index in [-0.39, 0.29) is 32.4 Å².